The summed E-state index contributed by atoms with van der Waals surface area (Å²) in [4.78, 5) is 35.7. The molecule has 1 N–H and O–H groups in total. The Balaban J connectivity index is 2.13. The molecule has 3 amide bonds. The average molecular weight is 322 g/mol. The lowest BCUT2D eigenvalue weighted by molar-refractivity contribution is -0.135. The monoisotopic (exact) mass is 322 g/mol. The third-order valence-corrected chi connectivity index (χ3v) is 5.98. The van der Waals surface area contributed by atoms with Crippen LogP contribution in [0.5, 0.6) is 0 Å². The van der Waals surface area contributed by atoms with Crippen LogP contribution in [-0.4, -0.2) is 36.5 Å². The minimum Gasteiger partial charge on any atom is -0.295 e. The molecular formula is C14H14N2O5S. The summed E-state index contributed by atoms with van der Waals surface area (Å²) in [6.45, 7) is 3.46. The van der Waals surface area contributed by atoms with Gasteiger partial charge in [0, 0.05) is 6.42 Å². The predicted octanol–water partition coefficient (Wildman–Crippen LogP) is 0.253. The normalized spacial score (nSPS) is 23.5. The molecular weight excluding hydrogens is 308 g/mol. The molecule has 2 heterocycles. The molecule has 1 aromatic rings. The molecule has 1 aromatic carbocycles. The van der Waals surface area contributed by atoms with Crippen molar-refractivity contribution in [2.75, 3.05) is 0 Å². The fourth-order valence-electron chi connectivity index (χ4n) is 2.81. The molecule has 7 nitrogen and oxygen atoms in total. The average Bonchev–Trinajstić information content (AvgIpc) is 2.63. The summed E-state index contributed by atoms with van der Waals surface area (Å²) in [6, 6.07) is 1.84. The van der Waals surface area contributed by atoms with E-state index in [-0.39, 0.29) is 23.3 Å². The molecule has 1 atom stereocenters. The van der Waals surface area contributed by atoms with Gasteiger partial charge in [0.2, 0.25) is 5.91 Å². The molecule has 1 fully saturated rings. The van der Waals surface area contributed by atoms with E-state index < -0.39 is 33.8 Å². The number of nitrogens with zero attached hydrogens (tertiary/aromatic N) is 1. The first-order valence-electron chi connectivity index (χ1n) is 6.78. The van der Waals surface area contributed by atoms with Crippen molar-refractivity contribution in [3.05, 3.63) is 28.8 Å². The molecule has 116 valence electrons. The Labute approximate surface area is 127 Å². The van der Waals surface area contributed by atoms with Crippen LogP contribution >= 0.6 is 0 Å². The number of sulfonamides is 1. The van der Waals surface area contributed by atoms with Crippen LogP contribution in [0.25, 0.3) is 0 Å². The van der Waals surface area contributed by atoms with Crippen molar-refractivity contribution >= 4 is 27.7 Å². The maximum atomic E-state index is 12.6. The number of fused-ring (bicyclic) bond motifs is 1. The number of nitrogens with one attached hydrogen (secondary N) is 1. The first-order valence-corrected chi connectivity index (χ1v) is 8.22. The highest BCUT2D eigenvalue weighted by Gasteiger charge is 2.49. The van der Waals surface area contributed by atoms with E-state index in [1.54, 1.807) is 19.9 Å². The molecule has 2 aliphatic heterocycles. The molecule has 0 aromatic heterocycles. The van der Waals surface area contributed by atoms with Crippen molar-refractivity contribution in [2.24, 2.45) is 0 Å². The van der Waals surface area contributed by atoms with E-state index in [1.807, 2.05) is 0 Å². The van der Waals surface area contributed by atoms with Crippen molar-refractivity contribution in [1.29, 1.82) is 0 Å². The number of hydrogen-bond donors (Lipinski definition) is 1. The van der Waals surface area contributed by atoms with E-state index in [1.165, 1.54) is 6.07 Å². The second-order valence-electron chi connectivity index (χ2n) is 5.45. The largest absolute Gasteiger partial charge is 0.295 e. The van der Waals surface area contributed by atoms with Crippen LogP contribution < -0.4 is 5.32 Å². The van der Waals surface area contributed by atoms with Gasteiger partial charge in [-0.25, -0.2) is 12.7 Å². The van der Waals surface area contributed by atoms with Gasteiger partial charge in [-0.2, -0.15) is 0 Å². The van der Waals surface area contributed by atoms with E-state index in [0.29, 0.717) is 9.87 Å². The summed E-state index contributed by atoms with van der Waals surface area (Å²) < 4.78 is 25.9. The fourth-order valence-corrected chi connectivity index (χ4v) is 4.61. The van der Waals surface area contributed by atoms with Crippen molar-refractivity contribution in [3.8, 4) is 0 Å². The lowest BCUT2D eigenvalue weighted by Crippen LogP contribution is -2.54. The Bertz CT molecular complexity index is 828. The van der Waals surface area contributed by atoms with Gasteiger partial charge in [-0.15, -0.1) is 0 Å². The second kappa shape index (κ2) is 4.64. The number of piperidine rings is 1. The van der Waals surface area contributed by atoms with E-state index in [2.05, 4.69) is 5.32 Å². The number of carbonyl (C=O) groups is 3. The molecule has 1 unspecified atom stereocenters. The molecule has 8 heteroatoms. The quantitative estimate of drug-likeness (QED) is 0.747. The van der Waals surface area contributed by atoms with E-state index >= 15 is 0 Å². The lowest BCUT2D eigenvalue weighted by atomic mass is 10.0. The molecule has 0 bridgehead atoms. The van der Waals surface area contributed by atoms with Gasteiger partial charge in [0.25, 0.3) is 21.8 Å². The van der Waals surface area contributed by atoms with Crippen molar-refractivity contribution in [3.63, 3.8) is 0 Å². The van der Waals surface area contributed by atoms with Gasteiger partial charge in [-0.1, -0.05) is 6.07 Å². The smallest absolute Gasteiger partial charge is 0.270 e. The summed E-state index contributed by atoms with van der Waals surface area (Å²) in [6.07, 6.45) is 0.00567. The highest BCUT2D eigenvalue weighted by atomic mass is 32.2. The first-order chi connectivity index (χ1) is 10.2. The summed E-state index contributed by atoms with van der Waals surface area (Å²) in [7, 11) is -4.07. The molecule has 0 spiro atoms. The molecule has 3 rings (SSSR count). The number of rotatable bonds is 1. The van der Waals surface area contributed by atoms with Gasteiger partial charge >= 0.3 is 0 Å². The van der Waals surface area contributed by atoms with Crippen molar-refractivity contribution in [2.45, 2.75) is 37.6 Å². The minimum atomic E-state index is -4.07. The number of carbonyl (C=O) groups excluding carboxylic acids is 3. The number of amides is 3. The first kappa shape index (κ1) is 14.7. The summed E-state index contributed by atoms with van der Waals surface area (Å²) in [5.74, 6) is -1.92. The van der Waals surface area contributed by atoms with Gasteiger partial charge in [0.1, 0.15) is 10.9 Å². The van der Waals surface area contributed by atoms with E-state index in [9.17, 15) is 22.8 Å². The van der Waals surface area contributed by atoms with Gasteiger partial charge in [-0.3, -0.25) is 19.7 Å². The standard InChI is InChI=1S/C14H14N2O5S/c1-7-3-5-10-12(8(7)2)14(19)16(22(10,20)21)9-4-6-11(17)15-13(9)18/h3,5,9H,4,6H2,1-2H3,(H,15,17,18). The van der Waals surface area contributed by atoms with Crippen LogP contribution in [0.2, 0.25) is 0 Å². The van der Waals surface area contributed by atoms with Crippen molar-refractivity contribution in [1.82, 2.24) is 9.62 Å². The Morgan fingerprint density at radius 2 is 1.86 bits per heavy atom. The lowest BCUT2D eigenvalue weighted by Gasteiger charge is -2.28. The second-order valence-corrected chi connectivity index (χ2v) is 7.24. The number of benzene rings is 1. The van der Waals surface area contributed by atoms with Crippen LogP contribution in [0.15, 0.2) is 17.0 Å². The maximum Gasteiger partial charge on any atom is 0.270 e. The van der Waals surface area contributed by atoms with Gasteiger partial charge < -0.3 is 0 Å². The van der Waals surface area contributed by atoms with Crippen LogP contribution in [0, 0.1) is 13.8 Å². The number of aryl methyl sites for hydroxylation is 1. The zero-order chi connectivity index (χ0) is 16.2. The Kier molecular flexibility index (Phi) is 3.10. The Hall–Kier alpha value is -2.22. The Morgan fingerprint density at radius 1 is 1.18 bits per heavy atom. The van der Waals surface area contributed by atoms with E-state index in [0.717, 1.165) is 5.56 Å². The van der Waals surface area contributed by atoms with E-state index in [4.69, 9.17) is 0 Å². The Morgan fingerprint density at radius 3 is 2.50 bits per heavy atom. The number of hydrogen-bond acceptors (Lipinski definition) is 5. The zero-order valence-electron chi connectivity index (χ0n) is 12.0. The molecule has 22 heavy (non-hydrogen) atoms. The molecule has 0 radical (unpaired) electrons. The van der Waals surface area contributed by atoms with Gasteiger partial charge in [0.15, 0.2) is 0 Å². The molecule has 1 saturated heterocycles. The third-order valence-electron chi connectivity index (χ3n) is 4.14. The summed E-state index contributed by atoms with van der Waals surface area (Å²) in [5.41, 5.74) is 1.50. The zero-order valence-corrected chi connectivity index (χ0v) is 12.9. The van der Waals surface area contributed by atoms with Crippen LogP contribution in [0.3, 0.4) is 0 Å². The summed E-state index contributed by atoms with van der Waals surface area (Å²) >= 11 is 0. The van der Waals surface area contributed by atoms with Gasteiger partial charge in [0.05, 0.1) is 5.56 Å². The highest BCUT2D eigenvalue weighted by Crippen LogP contribution is 2.36. The fraction of sp³-hybridized carbons (Fsp3) is 0.357. The highest BCUT2D eigenvalue weighted by molar-refractivity contribution is 7.90. The molecule has 0 aliphatic carbocycles. The third kappa shape index (κ3) is 1.87. The van der Waals surface area contributed by atoms with Crippen LogP contribution in [0.1, 0.15) is 34.3 Å². The predicted molar refractivity (Wildman–Crippen MR) is 75.4 cm³/mol. The minimum absolute atomic E-state index is 0.00164. The van der Waals surface area contributed by atoms with Crippen LogP contribution in [-0.2, 0) is 19.6 Å². The number of imide groups is 1. The topological polar surface area (TPSA) is 101 Å². The van der Waals surface area contributed by atoms with Crippen molar-refractivity contribution < 1.29 is 22.8 Å². The molecule has 2 aliphatic rings. The summed E-state index contributed by atoms with van der Waals surface area (Å²) in [5, 5.41) is 2.08. The molecule has 0 saturated carbocycles. The maximum absolute atomic E-state index is 12.6. The van der Waals surface area contributed by atoms with Crippen LogP contribution in [0.4, 0.5) is 0 Å². The SMILES string of the molecule is Cc1ccc2c(c1C)C(=O)N(C1CCC(=O)NC1=O)S2(=O)=O. The van der Waals surface area contributed by atoms with Gasteiger partial charge in [-0.05, 0) is 37.5 Å².